The van der Waals surface area contributed by atoms with E-state index in [0.717, 1.165) is 22.6 Å². The smallest absolute Gasteiger partial charge is 0.462 e. The first-order valence-corrected chi connectivity index (χ1v) is 7.75. The second-order valence-corrected chi connectivity index (χ2v) is 6.33. The van der Waals surface area contributed by atoms with Crippen LogP contribution in [0, 0.1) is 5.92 Å². The standard InChI is InChI=1S/C14H16F3NO3S/c1-3-21-12(19)10-8-5-4-7(2)6-9(8)22-11(10)18-13(20)14(15,16)17/h7H,3-6H2,1-2H3,(H,18,20)/t7-/m0/s1. The number of rotatable bonds is 3. The Morgan fingerprint density at radius 3 is 2.68 bits per heavy atom. The molecule has 1 aromatic heterocycles. The molecule has 1 aromatic rings. The number of hydrogen-bond donors (Lipinski definition) is 1. The largest absolute Gasteiger partial charge is 0.471 e. The number of anilines is 1. The molecular formula is C14H16F3NO3S. The van der Waals surface area contributed by atoms with Crippen LogP contribution in [-0.4, -0.2) is 24.7 Å². The van der Waals surface area contributed by atoms with Gasteiger partial charge in [-0.1, -0.05) is 6.92 Å². The summed E-state index contributed by atoms with van der Waals surface area (Å²) in [5.74, 6) is -2.37. The van der Waals surface area contributed by atoms with Gasteiger partial charge in [-0.15, -0.1) is 11.3 Å². The van der Waals surface area contributed by atoms with E-state index in [9.17, 15) is 22.8 Å². The highest BCUT2D eigenvalue weighted by atomic mass is 32.1. The average molecular weight is 335 g/mol. The molecule has 0 saturated carbocycles. The summed E-state index contributed by atoms with van der Waals surface area (Å²) in [5.41, 5.74) is 0.783. The van der Waals surface area contributed by atoms with Crippen LogP contribution < -0.4 is 5.32 Å². The number of ether oxygens (including phenoxy) is 1. The summed E-state index contributed by atoms with van der Waals surface area (Å²) >= 11 is 1.03. The van der Waals surface area contributed by atoms with Crippen molar-refractivity contribution >= 4 is 28.2 Å². The van der Waals surface area contributed by atoms with Crippen LogP contribution in [0.5, 0.6) is 0 Å². The Morgan fingerprint density at radius 2 is 2.09 bits per heavy atom. The molecule has 8 heteroatoms. The Balaban J connectivity index is 2.39. The van der Waals surface area contributed by atoms with Gasteiger partial charge in [0, 0.05) is 4.88 Å². The number of esters is 1. The number of alkyl halides is 3. The Morgan fingerprint density at radius 1 is 1.41 bits per heavy atom. The summed E-state index contributed by atoms with van der Waals surface area (Å²) in [6, 6.07) is 0. The lowest BCUT2D eigenvalue weighted by Gasteiger charge is -2.18. The Hall–Kier alpha value is -1.57. The molecule has 4 nitrogen and oxygen atoms in total. The Kier molecular flexibility index (Phi) is 4.79. The van der Waals surface area contributed by atoms with Gasteiger partial charge >= 0.3 is 18.1 Å². The monoisotopic (exact) mass is 335 g/mol. The number of halogens is 3. The highest BCUT2D eigenvalue weighted by Crippen LogP contribution is 2.40. The van der Waals surface area contributed by atoms with Crippen molar-refractivity contribution in [1.29, 1.82) is 0 Å². The molecular weight excluding hydrogens is 319 g/mol. The van der Waals surface area contributed by atoms with E-state index < -0.39 is 18.1 Å². The van der Waals surface area contributed by atoms with Gasteiger partial charge in [0.2, 0.25) is 0 Å². The van der Waals surface area contributed by atoms with Gasteiger partial charge < -0.3 is 10.1 Å². The molecule has 0 unspecified atom stereocenters. The highest BCUT2D eigenvalue weighted by molar-refractivity contribution is 7.17. The van der Waals surface area contributed by atoms with E-state index in [1.54, 1.807) is 6.92 Å². The molecule has 1 N–H and O–H groups in total. The zero-order valence-corrected chi connectivity index (χ0v) is 13.0. The lowest BCUT2D eigenvalue weighted by atomic mass is 9.88. The van der Waals surface area contributed by atoms with Gasteiger partial charge in [-0.3, -0.25) is 4.79 Å². The summed E-state index contributed by atoms with van der Waals surface area (Å²) in [5, 5.41) is 1.75. The Bertz CT molecular complexity index is 595. The third-order valence-electron chi connectivity index (χ3n) is 3.48. The number of nitrogens with one attached hydrogen (secondary N) is 1. The zero-order valence-electron chi connectivity index (χ0n) is 12.2. The van der Waals surface area contributed by atoms with Crippen LogP contribution in [0.15, 0.2) is 0 Å². The minimum absolute atomic E-state index is 0.0696. The van der Waals surface area contributed by atoms with Crippen molar-refractivity contribution in [3.63, 3.8) is 0 Å². The number of fused-ring (bicyclic) bond motifs is 1. The molecule has 0 saturated heterocycles. The van der Waals surface area contributed by atoms with Crippen LogP contribution in [0.2, 0.25) is 0 Å². The molecule has 1 amide bonds. The molecule has 2 rings (SSSR count). The fourth-order valence-corrected chi connectivity index (χ4v) is 3.83. The van der Waals surface area contributed by atoms with Crippen molar-refractivity contribution in [1.82, 2.24) is 0 Å². The second kappa shape index (κ2) is 6.28. The van der Waals surface area contributed by atoms with Gasteiger partial charge in [0.25, 0.3) is 0 Å². The first kappa shape index (κ1) is 16.8. The lowest BCUT2D eigenvalue weighted by molar-refractivity contribution is -0.167. The maximum atomic E-state index is 12.4. The molecule has 0 radical (unpaired) electrons. The molecule has 0 aliphatic heterocycles. The molecule has 1 atom stereocenters. The third-order valence-corrected chi connectivity index (χ3v) is 4.65. The predicted octanol–water partition coefficient (Wildman–Crippen LogP) is 3.55. The summed E-state index contributed by atoms with van der Waals surface area (Å²) in [7, 11) is 0. The van der Waals surface area contributed by atoms with Crippen molar-refractivity contribution in [3.8, 4) is 0 Å². The summed E-state index contributed by atoms with van der Waals surface area (Å²) in [6.45, 7) is 3.78. The molecule has 122 valence electrons. The van der Waals surface area contributed by atoms with Crippen LogP contribution in [0.3, 0.4) is 0 Å². The van der Waals surface area contributed by atoms with Crippen LogP contribution in [0.1, 0.15) is 41.1 Å². The zero-order chi connectivity index (χ0) is 16.5. The molecule has 0 aromatic carbocycles. The quantitative estimate of drug-likeness (QED) is 0.860. The molecule has 0 fully saturated rings. The third kappa shape index (κ3) is 3.43. The van der Waals surface area contributed by atoms with Gasteiger partial charge in [0.15, 0.2) is 0 Å². The fraction of sp³-hybridized carbons (Fsp3) is 0.571. The summed E-state index contributed by atoms with van der Waals surface area (Å²) in [6.07, 6.45) is -2.86. The van der Waals surface area contributed by atoms with Crippen molar-refractivity contribution in [2.45, 2.75) is 39.3 Å². The predicted molar refractivity (Wildman–Crippen MR) is 76.1 cm³/mol. The number of amides is 1. The molecule has 1 heterocycles. The first-order chi connectivity index (χ1) is 10.2. The van der Waals surface area contributed by atoms with Gasteiger partial charge in [-0.2, -0.15) is 13.2 Å². The van der Waals surface area contributed by atoms with Crippen molar-refractivity contribution < 1.29 is 27.5 Å². The minimum Gasteiger partial charge on any atom is -0.462 e. The van der Waals surface area contributed by atoms with Gasteiger partial charge in [-0.05, 0) is 37.7 Å². The van der Waals surface area contributed by atoms with E-state index >= 15 is 0 Å². The maximum absolute atomic E-state index is 12.4. The van der Waals surface area contributed by atoms with E-state index in [1.807, 2.05) is 12.2 Å². The summed E-state index contributed by atoms with van der Waals surface area (Å²) in [4.78, 5) is 24.1. The summed E-state index contributed by atoms with van der Waals surface area (Å²) < 4.78 is 42.2. The van der Waals surface area contributed by atoms with Crippen molar-refractivity contribution in [2.75, 3.05) is 11.9 Å². The van der Waals surface area contributed by atoms with Crippen LogP contribution in [0.25, 0.3) is 0 Å². The first-order valence-electron chi connectivity index (χ1n) is 6.93. The normalized spacial score (nSPS) is 17.8. The van der Waals surface area contributed by atoms with Crippen molar-refractivity contribution in [3.05, 3.63) is 16.0 Å². The highest BCUT2D eigenvalue weighted by Gasteiger charge is 2.40. The van der Waals surface area contributed by atoms with Gasteiger partial charge in [0.05, 0.1) is 12.2 Å². The van der Waals surface area contributed by atoms with E-state index in [4.69, 9.17) is 4.74 Å². The van der Waals surface area contributed by atoms with Crippen LogP contribution in [0.4, 0.5) is 18.2 Å². The maximum Gasteiger partial charge on any atom is 0.471 e. The SMILES string of the molecule is CCOC(=O)c1c(NC(=O)C(F)(F)F)sc2c1CC[C@H](C)C2. The Labute approximate surface area is 129 Å². The van der Waals surface area contributed by atoms with Gasteiger partial charge in [0.1, 0.15) is 5.00 Å². The number of carbonyl (C=O) groups excluding carboxylic acids is 2. The molecule has 0 bridgehead atoms. The van der Waals surface area contributed by atoms with Crippen LogP contribution in [-0.2, 0) is 22.4 Å². The minimum atomic E-state index is -5.00. The van der Waals surface area contributed by atoms with Gasteiger partial charge in [-0.25, -0.2) is 4.79 Å². The second-order valence-electron chi connectivity index (χ2n) is 5.23. The topological polar surface area (TPSA) is 55.4 Å². The van der Waals surface area contributed by atoms with E-state index in [-0.39, 0.29) is 17.2 Å². The number of hydrogen-bond acceptors (Lipinski definition) is 4. The lowest BCUT2D eigenvalue weighted by Crippen LogP contribution is -2.30. The number of carbonyl (C=O) groups is 2. The van der Waals surface area contributed by atoms with E-state index in [2.05, 4.69) is 0 Å². The molecule has 1 aliphatic carbocycles. The van der Waals surface area contributed by atoms with Crippen LogP contribution >= 0.6 is 11.3 Å². The van der Waals surface area contributed by atoms with E-state index in [1.165, 1.54) is 0 Å². The average Bonchev–Trinajstić information content (AvgIpc) is 2.74. The molecule has 0 spiro atoms. The molecule has 22 heavy (non-hydrogen) atoms. The molecule has 1 aliphatic rings. The van der Waals surface area contributed by atoms with E-state index in [0.29, 0.717) is 24.3 Å². The fourth-order valence-electron chi connectivity index (χ4n) is 2.43. The number of thiophene rings is 1. The van der Waals surface area contributed by atoms with Crippen molar-refractivity contribution in [2.24, 2.45) is 5.92 Å².